The minimum absolute atomic E-state index is 0.839. The summed E-state index contributed by atoms with van der Waals surface area (Å²) in [7, 11) is -1.91. The Balaban J connectivity index is 1.96. The molecule has 0 aromatic rings. The molecular formula is C16H32O2Si. The van der Waals surface area contributed by atoms with Crippen LogP contribution in [-0.4, -0.2) is 21.8 Å². The molecule has 0 radical (unpaired) electrons. The molecule has 3 heteroatoms. The molecule has 0 aromatic heterocycles. The largest absolute Gasteiger partial charge is 0.394 e. The molecule has 0 amide bonds. The van der Waals surface area contributed by atoms with Gasteiger partial charge >= 0.3 is 8.56 Å². The van der Waals surface area contributed by atoms with Crippen LogP contribution in [-0.2, 0) is 8.85 Å². The van der Waals surface area contributed by atoms with Crippen LogP contribution in [0.5, 0.6) is 0 Å². The predicted molar refractivity (Wildman–Crippen MR) is 82.5 cm³/mol. The van der Waals surface area contributed by atoms with Crippen molar-refractivity contribution < 1.29 is 8.85 Å². The van der Waals surface area contributed by atoms with Gasteiger partial charge in [-0.25, -0.2) is 0 Å². The second kappa shape index (κ2) is 7.80. The maximum absolute atomic E-state index is 6.28. The molecule has 2 saturated carbocycles. The molecule has 2 aliphatic carbocycles. The van der Waals surface area contributed by atoms with Gasteiger partial charge in [-0.1, -0.05) is 51.4 Å². The van der Waals surface area contributed by atoms with Crippen molar-refractivity contribution in [2.75, 3.05) is 13.2 Å². The number of hydrogen-bond donors (Lipinski definition) is 0. The lowest BCUT2D eigenvalue weighted by atomic mass is 10.0. The van der Waals surface area contributed by atoms with Crippen molar-refractivity contribution >= 4 is 8.56 Å². The van der Waals surface area contributed by atoms with Gasteiger partial charge in [0.25, 0.3) is 0 Å². The fraction of sp³-hybridized carbons (Fsp3) is 1.00. The molecule has 19 heavy (non-hydrogen) atoms. The molecule has 0 heterocycles. The van der Waals surface area contributed by atoms with Crippen molar-refractivity contribution in [1.82, 2.24) is 0 Å². The van der Waals surface area contributed by atoms with E-state index in [1.807, 2.05) is 0 Å². The zero-order chi connectivity index (χ0) is 13.6. The van der Waals surface area contributed by atoms with Gasteiger partial charge in [-0.2, -0.15) is 0 Å². The Morgan fingerprint density at radius 1 is 0.737 bits per heavy atom. The molecule has 0 atom stereocenters. The predicted octanol–water partition coefficient (Wildman–Crippen LogP) is 4.88. The Hall–Kier alpha value is 0.137. The van der Waals surface area contributed by atoms with Crippen LogP contribution in [0.15, 0.2) is 0 Å². The molecule has 2 rings (SSSR count). The first-order valence-corrected chi connectivity index (χ1v) is 10.8. The van der Waals surface area contributed by atoms with E-state index in [9.17, 15) is 0 Å². The molecule has 0 bridgehead atoms. The third-order valence-electron chi connectivity index (χ3n) is 4.69. The highest BCUT2D eigenvalue weighted by Crippen LogP contribution is 2.42. The molecule has 0 unspecified atom stereocenters. The van der Waals surface area contributed by atoms with Crippen LogP contribution < -0.4 is 0 Å². The summed E-state index contributed by atoms with van der Waals surface area (Å²) in [5, 5.41) is 0. The van der Waals surface area contributed by atoms with Crippen LogP contribution in [0.1, 0.15) is 65.2 Å². The number of hydrogen-bond acceptors (Lipinski definition) is 2. The average molecular weight is 285 g/mol. The summed E-state index contributed by atoms with van der Waals surface area (Å²) < 4.78 is 12.6. The van der Waals surface area contributed by atoms with Crippen LogP contribution in [0, 0.1) is 11.8 Å². The quantitative estimate of drug-likeness (QED) is 0.467. The standard InChI is InChI=1S/C16H32O2Si/c1-3-17-19(18-4-2,14-16-11-12-16)13-15-9-7-5-6-8-10-15/h15-16H,3-14H2,1-2H3. The van der Waals surface area contributed by atoms with E-state index in [-0.39, 0.29) is 0 Å². The molecule has 0 aromatic carbocycles. The molecule has 2 nitrogen and oxygen atoms in total. The van der Waals surface area contributed by atoms with Gasteiger partial charge in [0.2, 0.25) is 0 Å². The monoisotopic (exact) mass is 284 g/mol. The fourth-order valence-electron chi connectivity index (χ4n) is 3.66. The summed E-state index contributed by atoms with van der Waals surface area (Å²) in [5.74, 6) is 1.81. The third kappa shape index (κ3) is 5.20. The zero-order valence-corrected chi connectivity index (χ0v) is 14.0. The smallest absolute Gasteiger partial charge is 0.338 e. The van der Waals surface area contributed by atoms with Gasteiger partial charge in [0.15, 0.2) is 0 Å². The first kappa shape index (κ1) is 15.5. The van der Waals surface area contributed by atoms with Crippen molar-refractivity contribution in [2.45, 2.75) is 77.3 Å². The van der Waals surface area contributed by atoms with Crippen molar-refractivity contribution in [2.24, 2.45) is 11.8 Å². The number of rotatable bonds is 8. The molecule has 0 N–H and O–H groups in total. The van der Waals surface area contributed by atoms with E-state index < -0.39 is 8.56 Å². The van der Waals surface area contributed by atoms with Gasteiger partial charge in [-0.05, 0) is 37.8 Å². The summed E-state index contributed by atoms with van der Waals surface area (Å²) in [6, 6.07) is 2.54. The van der Waals surface area contributed by atoms with E-state index in [1.165, 1.54) is 63.5 Å². The van der Waals surface area contributed by atoms with E-state index in [0.29, 0.717) is 0 Å². The molecule has 0 aliphatic heterocycles. The maximum atomic E-state index is 6.28. The Morgan fingerprint density at radius 2 is 1.21 bits per heavy atom. The normalized spacial score (nSPS) is 22.4. The van der Waals surface area contributed by atoms with E-state index in [1.54, 1.807) is 0 Å². The van der Waals surface area contributed by atoms with Gasteiger partial charge in [-0.3, -0.25) is 0 Å². The molecule has 2 aliphatic rings. The van der Waals surface area contributed by atoms with Crippen LogP contribution in [0.4, 0.5) is 0 Å². The van der Waals surface area contributed by atoms with Crippen molar-refractivity contribution in [3.8, 4) is 0 Å². The summed E-state index contributed by atoms with van der Waals surface area (Å²) in [6.07, 6.45) is 11.4. The lowest BCUT2D eigenvalue weighted by Gasteiger charge is -2.33. The van der Waals surface area contributed by atoms with Crippen molar-refractivity contribution in [3.63, 3.8) is 0 Å². The highest BCUT2D eigenvalue weighted by atomic mass is 28.4. The van der Waals surface area contributed by atoms with E-state index in [4.69, 9.17) is 8.85 Å². The van der Waals surface area contributed by atoms with Gasteiger partial charge in [0, 0.05) is 13.2 Å². The summed E-state index contributed by atoms with van der Waals surface area (Å²) in [4.78, 5) is 0. The van der Waals surface area contributed by atoms with E-state index in [2.05, 4.69) is 13.8 Å². The summed E-state index contributed by atoms with van der Waals surface area (Å²) in [6.45, 7) is 5.96. The first-order chi connectivity index (χ1) is 9.28. The molecule has 0 saturated heterocycles. The Kier molecular flexibility index (Phi) is 6.37. The highest BCUT2D eigenvalue weighted by molar-refractivity contribution is 6.67. The zero-order valence-electron chi connectivity index (χ0n) is 13.0. The lowest BCUT2D eigenvalue weighted by Crippen LogP contribution is -2.44. The Bertz CT molecular complexity index is 239. The van der Waals surface area contributed by atoms with Crippen LogP contribution >= 0.6 is 0 Å². The minimum Gasteiger partial charge on any atom is -0.394 e. The van der Waals surface area contributed by atoms with Gasteiger partial charge in [0.05, 0.1) is 0 Å². The fourth-order valence-corrected chi connectivity index (χ4v) is 8.01. The van der Waals surface area contributed by atoms with Crippen LogP contribution in [0.2, 0.25) is 12.1 Å². The lowest BCUT2D eigenvalue weighted by molar-refractivity contribution is 0.173. The molecule has 0 spiro atoms. The SMILES string of the molecule is CCO[Si](CC1CCCCCC1)(CC1CC1)OCC. The average Bonchev–Trinajstić information content (AvgIpc) is 3.18. The maximum Gasteiger partial charge on any atom is 0.338 e. The summed E-state index contributed by atoms with van der Waals surface area (Å²) in [5.41, 5.74) is 0. The molecular weight excluding hydrogens is 252 g/mol. The van der Waals surface area contributed by atoms with Crippen LogP contribution in [0.3, 0.4) is 0 Å². The topological polar surface area (TPSA) is 18.5 Å². The van der Waals surface area contributed by atoms with Gasteiger partial charge in [0.1, 0.15) is 0 Å². The van der Waals surface area contributed by atoms with E-state index >= 15 is 0 Å². The van der Waals surface area contributed by atoms with Gasteiger partial charge in [-0.15, -0.1) is 0 Å². The third-order valence-corrected chi connectivity index (χ3v) is 8.71. The summed E-state index contributed by atoms with van der Waals surface area (Å²) >= 11 is 0. The van der Waals surface area contributed by atoms with Crippen molar-refractivity contribution in [1.29, 1.82) is 0 Å². The van der Waals surface area contributed by atoms with Crippen molar-refractivity contribution in [3.05, 3.63) is 0 Å². The highest BCUT2D eigenvalue weighted by Gasteiger charge is 2.44. The van der Waals surface area contributed by atoms with Gasteiger partial charge < -0.3 is 8.85 Å². The Morgan fingerprint density at radius 3 is 1.63 bits per heavy atom. The molecule has 112 valence electrons. The first-order valence-electron chi connectivity index (χ1n) is 8.56. The van der Waals surface area contributed by atoms with Crippen LogP contribution in [0.25, 0.3) is 0 Å². The minimum atomic E-state index is -1.91. The Labute approximate surface area is 120 Å². The molecule has 2 fully saturated rings. The second-order valence-corrected chi connectivity index (χ2v) is 9.70. The van der Waals surface area contributed by atoms with E-state index in [0.717, 1.165) is 25.0 Å². The second-order valence-electron chi connectivity index (χ2n) is 6.49.